The van der Waals surface area contributed by atoms with E-state index in [4.69, 9.17) is 14.2 Å². The summed E-state index contributed by atoms with van der Waals surface area (Å²) in [7, 11) is 0. The van der Waals surface area contributed by atoms with Crippen molar-refractivity contribution in [2.24, 2.45) is 11.8 Å². The zero-order valence-corrected chi connectivity index (χ0v) is 17.5. The van der Waals surface area contributed by atoms with Gasteiger partial charge < -0.3 is 24.0 Å². The standard InChI is InChI=1S/C23H32N2O5/c26-22-15-25(23(27)20-8-11-29-17-20)14-21(30-16-19-4-2-1-3-5-19)13-24(22)12-18-6-9-28-10-7-18/h1-5,18,20-21H,6-17H2. The van der Waals surface area contributed by atoms with E-state index in [2.05, 4.69) is 0 Å². The molecule has 30 heavy (non-hydrogen) atoms. The highest BCUT2D eigenvalue weighted by atomic mass is 16.5. The maximum atomic E-state index is 13.1. The van der Waals surface area contributed by atoms with Crippen LogP contribution in [0.15, 0.2) is 30.3 Å². The minimum Gasteiger partial charge on any atom is -0.381 e. The van der Waals surface area contributed by atoms with Gasteiger partial charge in [0.05, 0.1) is 31.8 Å². The largest absolute Gasteiger partial charge is 0.381 e. The van der Waals surface area contributed by atoms with Gasteiger partial charge in [0.25, 0.3) is 0 Å². The van der Waals surface area contributed by atoms with Crippen LogP contribution in [0.5, 0.6) is 0 Å². The molecule has 2 atom stereocenters. The van der Waals surface area contributed by atoms with Crippen LogP contribution in [0.3, 0.4) is 0 Å². The summed E-state index contributed by atoms with van der Waals surface area (Å²) in [5, 5.41) is 0. The summed E-state index contributed by atoms with van der Waals surface area (Å²) in [6.07, 6.45) is 2.47. The fourth-order valence-corrected chi connectivity index (χ4v) is 4.45. The Hall–Kier alpha value is -1.96. The molecule has 3 saturated heterocycles. The molecule has 164 valence electrons. The monoisotopic (exact) mass is 416 g/mol. The van der Waals surface area contributed by atoms with Crippen LogP contribution in [-0.2, 0) is 30.4 Å². The average molecular weight is 417 g/mol. The Labute approximate surface area is 178 Å². The van der Waals surface area contributed by atoms with Crippen LogP contribution in [0, 0.1) is 11.8 Å². The van der Waals surface area contributed by atoms with Crippen molar-refractivity contribution in [3.05, 3.63) is 35.9 Å². The van der Waals surface area contributed by atoms with Crippen LogP contribution in [-0.4, -0.2) is 80.3 Å². The molecule has 0 aromatic heterocycles. The van der Waals surface area contributed by atoms with Crippen molar-refractivity contribution >= 4 is 11.8 Å². The van der Waals surface area contributed by atoms with Gasteiger partial charge in [-0.25, -0.2) is 0 Å². The highest BCUT2D eigenvalue weighted by molar-refractivity contribution is 5.86. The Morgan fingerprint density at radius 3 is 2.53 bits per heavy atom. The number of benzene rings is 1. The van der Waals surface area contributed by atoms with E-state index in [0.29, 0.717) is 45.4 Å². The molecule has 1 aromatic carbocycles. The molecule has 1 aromatic rings. The van der Waals surface area contributed by atoms with Crippen molar-refractivity contribution in [1.82, 2.24) is 9.80 Å². The molecule has 4 rings (SSSR count). The van der Waals surface area contributed by atoms with Gasteiger partial charge in [0, 0.05) is 39.5 Å². The summed E-state index contributed by atoms with van der Waals surface area (Å²) in [5.41, 5.74) is 1.09. The van der Waals surface area contributed by atoms with Crippen LogP contribution >= 0.6 is 0 Å². The summed E-state index contributed by atoms with van der Waals surface area (Å²) in [6.45, 7) is 4.85. The van der Waals surface area contributed by atoms with Crippen LogP contribution in [0.1, 0.15) is 24.8 Å². The highest BCUT2D eigenvalue weighted by Gasteiger charge is 2.35. The molecular weight excluding hydrogens is 384 g/mol. The molecule has 0 aliphatic carbocycles. The number of carbonyl (C=O) groups excluding carboxylic acids is 2. The van der Waals surface area contributed by atoms with E-state index >= 15 is 0 Å². The van der Waals surface area contributed by atoms with Gasteiger partial charge >= 0.3 is 0 Å². The Morgan fingerprint density at radius 1 is 1.03 bits per heavy atom. The second-order valence-corrected chi connectivity index (χ2v) is 8.55. The average Bonchev–Trinajstić information content (AvgIpc) is 3.27. The Morgan fingerprint density at radius 2 is 1.80 bits per heavy atom. The van der Waals surface area contributed by atoms with Gasteiger partial charge in [-0.1, -0.05) is 30.3 Å². The van der Waals surface area contributed by atoms with Gasteiger partial charge in [-0.3, -0.25) is 9.59 Å². The molecule has 2 amide bonds. The summed E-state index contributed by atoms with van der Waals surface area (Å²) >= 11 is 0. The zero-order valence-electron chi connectivity index (χ0n) is 17.5. The van der Waals surface area contributed by atoms with Crippen molar-refractivity contribution in [3.8, 4) is 0 Å². The number of ether oxygens (including phenoxy) is 3. The van der Waals surface area contributed by atoms with E-state index in [1.54, 1.807) is 4.90 Å². The number of hydrogen-bond acceptors (Lipinski definition) is 5. The minimum absolute atomic E-state index is 0.0135. The van der Waals surface area contributed by atoms with Gasteiger partial charge in [-0.2, -0.15) is 0 Å². The maximum absolute atomic E-state index is 13.1. The molecule has 0 spiro atoms. The number of carbonyl (C=O) groups is 2. The van der Waals surface area contributed by atoms with E-state index in [9.17, 15) is 9.59 Å². The number of amides is 2. The van der Waals surface area contributed by atoms with Crippen LogP contribution in [0.2, 0.25) is 0 Å². The van der Waals surface area contributed by atoms with Crippen molar-refractivity contribution in [2.75, 3.05) is 52.6 Å². The lowest BCUT2D eigenvalue weighted by Crippen LogP contribution is -2.43. The molecule has 7 heteroatoms. The topological polar surface area (TPSA) is 68.3 Å². The number of nitrogens with zero attached hydrogens (tertiary/aromatic N) is 2. The second-order valence-electron chi connectivity index (χ2n) is 8.55. The predicted octanol–water partition coefficient (Wildman–Crippen LogP) is 1.71. The lowest BCUT2D eigenvalue weighted by molar-refractivity contribution is -0.141. The summed E-state index contributed by atoms with van der Waals surface area (Å²) in [6, 6.07) is 10.0. The molecule has 0 saturated carbocycles. The van der Waals surface area contributed by atoms with E-state index in [1.807, 2.05) is 35.2 Å². The van der Waals surface area contributed by atoms with E-state index in [-0.39, 0.29) is 30.4 Å². The van der Waals surface area contributed by atoms with Crippen molar-refractivity contribution in [1.29, 1.82) is 0 Å². The third kappa shape index (κ3) is 5.59. The predicted molar refractivity (Wildman–Crippen MR) is 111 cm³/mol. The molecule has 0 N–H and O–H groups in total. The molecule has 0 bridgehead atoms. The lowest BCUT2D eigenvalue weighted by atomic mass is 9.99. The summed E-state index contributed by atoms with van der Waals surface area (Å²) in [4.78, 5) is 29.7. The van der Waals surface area contributed by atoms with E-state index in [0.717, 1.165) is 38.0 Å². The molecule has 3 aliphatic heterocycles. The first-order valence-corrected chi connectivity index (χ1v) is 11.1. The first-order chi connectivity index (χ1) is 14.7. The first kappa shape index (κ1) is 21.3. The fraction of sp³-hybridized carbons (Fsp3) is 0.652. The van der Waals surface area contributed by atoms with Gasteiger partial charge in [0.15, 0.2) is 0 Å². The molecule has 2 unspecified atom stereocenters. The van der Waals surface area contributed by atoms with Gasteiger partial charge in [-0.15, -0.1) is 0 Å². The Kier molecular flexibility index (Phi) is 7.36. The molecule has 3 fully saturated rings. The smallest absolute Gasteiger partial charge is 0.242 e. The molecule has 0 radical (unpaired) electrons. The van der Waals surface area contributed by atoms with Crippen LogP contribution in [0.25, 0.3) is 0 Å². The molecular formula is C23H32N2O5. The quantitative estimate of drug-likeness (QED) is 0.706. The fourth-order valence-electron chi connectivity index (χ4n) is 4.45. The van der Waals surface area contributed by atoms with Crippen molar-refractivity contribution in [2.45, 2.75) is 32.0 Å². The molecule has 7 nitrogen and oxygen atoms in total. The SMILES string of the molecule is O=C1CN(C(=O)C2CCOC2)CC(OCc2ccccc2)CN1CC1CCOCC1. The van der Waals surface area contributed by atoms with Crippen molar-refractivity contribution < 1.29 is 23.8 Å². The van der Waals surface area contributed by atoms with Crippen molar-refractivity contribution in [3.63, 3.8) is 0 Å². The summed E-state index contributed by atoms with van der Waals surface area (Å²) < 4.78 is 17.1. The maximum Gasteiger partial charge on any atom is 0.242 e. The second kappa shape index (κ2) is 10.4. The van der Waals surface area contributed by atoms with Crippen LogP contribution in [0.4, 0.5) is 0 Å². The van der Waals surface area contributed by atoms with Gasteiger partial charge in [-0.05, 0) is 30.7 Å². The Balaban J connectivity index is 1.44. The Bertz CT molecular complexity index is 701. The summed E-state index contributed by atoms with van der Waals surface area (Å²) in [5.74, 6) is 0.333. The highest BCUT2D eigenvalue weighted by Crippen LogP contribution is 2.21. The van der Waals surface area contributed by atoms with Gasteiger partial charge in [0.1, 0.15) is 0 Å². The third-order valence-corrected chi connectivity index (χ3v) is 6.27. The first-order valence-electron chi connectivity index (χ1n) is 11.1. The van der Waals surface area contributed by atoms with Gasteiger partial charge in [0.2, 0.25) is 11.8 Å². The molecule has 3 aliphatic rings. The molecule has 3 heterocycles. The lowest BCUT2D eigenvalue weighted by Gasteiger charge is -2.30. The number of rotatable bonds is 6. The zero-order chi connectivity index (χ0) is 20.8. The van der Waals surface area contributed by atoms with E-state index in [1.165, 1.54) is 0 Å². The van der Waals surface area contributed by atoms with Crippen LogP contribution < -0.4 is 0 Å². The third-order valence-electron chi connectivity index (χ3n) is 6.27. The minimum atomic E-state index is -0.206. The normalized spacial score (nSPS) is 26.1. The van der Waals surface area contributed by atoms with E-state index < -0.39 is 0 Å². The number of hydrogen-bond donors (Lipinski definition) is 0.